The molecule has 5 nitrogen and oxygen atoms in total. The Morgan fingerprint density at radius 1 is 1.40 bits per heavy atom. The maximum Gasteiger partial charge on any atom is 0.340 e. The minimum absolute atomic E-state index is 0.301. The first-order chi connectivity index (χ1) is 9.43. The van der Waals surface area contributed by atoms with E-state index in [-0.39, 0.29) is 0 Å². The zero-order chi connectivity index (χ0) is 15.1. The molecule has 1 unspecified atom stereocenters. The van der Waals surface area contributed by atoms with E-state index in [0.717, 1.165) is 12.3 Å². The van der Waals surface area contributed by atoms with Crippen molar-refractivity contribution in [1.29, 1.82) is 0 Å². The maximum absolute atomic E-state index is 11.6. The van der Waals surface area contributed by atoms with Gasteiger partial charge in [0.15, 0.2) is 0 Å². The summed E-state index contributed by atoms with van der Waals surface area (Å²) in [6.45, 7) is 6.56. The quantitative estimate of drug-likeness (QED) is 0.750. The molecule has 0 aliphatic rings. The van der Waals surface area contributed by atoms with Crippen molar-refractivity contribution in [2.75, 3.05) is 18.2 Å². The number of hydrogen-bond acceptors (Lipinski definition) is 5. The molecule has 5 heteroatoms. The Morgan fingerprint density at radius 3 is 2.70 bits per heavy atom. The Kier molecular flexibility index (Phi) is 6.28. The van der Waals surface area contributed by atoms with Crippen molar-refractivity contribution in [3.63, 3.8) is 0 Å². The van der Waals surface area contributed by atoms with Crippen molar-refractivity contribution in [3.8, 4) is 0 Å². The van der Waals surface area contributed by atoms with Gasteiger partial charge in [-0.25, -0.2) is 9.78 Å². The summed E-state index contributed by atoms with van der Waals surface area (Å²) in [5.41, 5.74) is 6.39. The maximum atomic E-state index is 11.6. The number of nitrogens with zero attached hydrogens (tertiary/aromatic N) is 1. The third-order valence-corrected chi connectivity index (χ3v) is 3.15. The first-order valence-corrected chi connectivity index (χ1v) is 7.04. The molecule has 0 saturated carbocycles. The SMILES string of the molecule is COC(=O)c1cc(NC(C)CCCC(C)C)ncc1N. The molecule has 1 heterocycles. The van der Waals surface area contributed by atoms with Gasteiger partial charge < -0.3 is 15.8 Å². The second-order valence-corrected chi connectivity index (χ2v) is 5.52. The summed E-state index contributed by atoms with van der Waals surface area (Å²) in [6.07, 6.45) is 4.94. The number of esters is 1. The molecule has 112 valence electrons. The van der Waals surface area contributed by atoms with Gasteiger partial charge in [-0.05, 0) is 25.3 Å². The summed E-state index contributed by atoms with van der Waals surface area (Å²) < 4.78 is 4.69. The minimum atomic E-state index is -0.444. The zero-order valence-electron chi connectivity index (χ0n) is 12.8. The van der Waals surface area contributed by atoms with Crippen LogP contribution in [0.5, 0.6) is 0 Å². The van der Waals surface area contributed by atoms with E-state index in [9.17, 15) is 4.79 Å². The third-order valence-electron chi connectivity index (χ3n) is 3.15. The highest BCUT2D eigenvalue weighted by molar-refractivity contribution is 5.95. The monoisotopic (exact) mass is 279 g/mol. The smallest absolute Gasteiger partial charge is 0.340 e. The minimum Gasteiger partial charge on any atom is -0.465 e. The predicted octanol–water partition coefficient (Wildman–Crippen LogP) is 3.08. The third kappa shape index (κ3) is 5.07. The topological polar surface area (TPSA) is 77.2 Å². The standard InChI is InChI=1S/C15H25N3O2/c1-10(2)6-5-7-11(3)18-14-8-12(15(19)20-4)13(16)9-17-14/h8-11H,5-7,16H2,1-4H3,(H,17,18). The molecule has 1 atom stereocenters. The van der Waals surface area contributed by atoms with Crippen molar-refractivity contribution in [2.24, 2.45) is 5.92 Å². The van der Waals surface area contributed by atoms with E-state index in [4.69, 9.17) is 10.5 Å². The molecule has 0 aromatic carbocycles. The molecule has 0 spiro atoms. The van der Waals surface area contributed by atoms with Crippen LogP contribution in [0.4, 0.5) is 11.5 Å². The lowest BCUT2D eigenvalue weighted by molar-refractivity contribution is 0.0602. The van der Waals surface area contributed by atoms with Gasteiger partial charge in [-0.2, -0.15) is 0 Å². The van der Waals surface area contributed by atoms with Gasteiger partial charge in [0.05, 0.1) is 24.6 Å². The molecule has 0 aliphatic carbocycles. The van der Waals surface area contributed by atoms with Crippen LogP contribution < -0.4 is 11.1 Å². The van der Waals surface area contributed by atoms with Crippen LogP contribution in [0.15, 0.2) is 12.3 Å². The van der Waals surface area contributed by atoms with Crippen molar-refractivity contribution in [2.45, 2.75) is 46.1 Å². The highest BCUT2D eigenvalue weighted by Gasteiger charge is 2.12. The van der Waals surface area contributed by atoms with Crippen LogP contribution in [0, 0.1) is 5.92 Å². The fraction of sp³-hybridized carbons (Fsp3) is 0.600. The predicted molar refractivity (Wildman–Crippen MR) is 81.8 cm³/mol. The van der Waals surface area contributed by atoms with Crippen LogP contribution in [-0.2, 0) is 4.74 Å². The fourth-order valence-corrected chi connectivity index (χ4v) is 1.99. The van der Waals surface area contributed by atoms with Gasteiger partial charge in [-0.3, -0.25) is 0 Å². The number of aromatic nitrogens is 1. The molecule has 1 aromatic heterocycles. The van der Waals surface area contributed by atoms with Gasteiger partial charge >= 0.3 is 5.97 Å². The van der Waals surface area contributed by atoms with Crippen LogP contribution in [0.2, 0.25) is 0 Å². The average Bonchev–Trinajstić information content (AvgIpc) is 2.39. The second-order valence-electron chi connectivity index (χ2n) is 5.52. The first kappa shape index (κ1) is 16.3. The molecule has 0 fully saturated rings. The Labute approximate surface area is 120 Å². The summed E-state index contributed by atoms with van der Waals surface area (Å²) in [6, 6.07) is 1.94. The van der Waals surface area contributed by atoms with Crippen molar-refractivity contribution in [1.82, 2.24) is 4.98 Å². The number of rotatable bonds is 7. The number of anilines is 2. The number of nitrogens with two attached hydrogens (primary N) is 1. The molecule has 0 amide bonds. The van der Waals surface area contributed by atoms with Crippen LogP contribution in [0.3, 0.4) is 0 Å². The molecule has 0 radical (unpaired) electrons. The lowest BCUT2D eigenvalue weighted by Gasteiger charge is -2.16. The van der Waals surface area contributed by atoms with Crippen LogP contribution in [0.25, 0.3) is 0 Å². The van der Waals surface area contributed by atoms with Crippen LogP contribution in [-0.4, -0.2) is 24.1 Å². The summed E-state index contributed by atoms with van der Waals surface area (Å²) in [7, 11) is 1.34. The molecular formula is C15H25N3O2. The zero-order valence-corrected chi connectivity index (χ0v) is 12.8. The largest absolute Gasteiger partial charge is 0.465 e. The van der Waals surface area contributed by atoms with Crippen molar-refractivity contribution < 1.29 is 9.53 Å². The van der Waals surface area contributed by atoms with Gasteiger partial charge in [-0.1, -0.05) is 26.7 Å². The number of carbonyl (C=O) groups excluding carboxylic acids is 1. The Balaban J connectivity index is 2.61. The average molecular weight is 279 g/mol. The van der Waals surface area contributed by atoms with Gasteiger partial charge in [0.1, 0.15) is 5.82 Å². The molecule has 1 rings (SSSR count). The second kappa shape index (κ2) is 7.72. The molecule has 1 aromatic rings. The summed E-state index contributed by atoms with van der Waals surface area (Å²) in [5.74, 6) is 0.930. The van der Waals surface area contributed by atoms with Crippen LogP contribution in [0.1, 0.15) is 50.4 Å². The molecule has 0 bridgehead atoms. The van der Waals surface area contributed by atoms with E-state index in [1.807, 2.05) is 0 Å². The number of pyridine rings is 1. The summed E-state index contributed by atoms with van der Waals surface area (Å²) in [5, 5.41) is 3.29. The molecular weight excluding hydrogens is 254 g/mol. The Bertz CT molecular complexity index is 447. The highest BCUT2D eigenvalue weighted by atomic mass is 16.5. The Morgan fingerprint density at radius 2 is 2.10 bits per heavy atom. The van der Waals surface area contributed by atoms with E-state index in [1.54, 1.807) is 6.07 Å². The normalized spacial score (nSPS) is 12.2. The van der Waals surface area contributed by atoms with E-state index in [1.165, 1.54) is 26.1 Å². The summed E-state index contributed by atoms with van der Waals surface area (Å²) >= 11 is 0. The number of nitrogen functional groups attached to an aromatic ring is 1. The molecule has 0 aliphatic heterocycles. The lowest BCUT2D eigenvalue weighted by Crippen LogP contribution is -2.17. The van der Waals surface area contributed by atoms with Gasteiger partial charge in [0.25, 0.3) is 0 Å². The van der Waals surface area contributed by atoms with Gasteiger partial charge in [0.2, 0.25) is 0 Å². The van der Waals surface area contributed by atoms with E-state index in [0.29, 0.717) is 23.1 Å². The lowest BCUT2D eigenvalue weighted by atomic mass is 10.0. The van der Waals surface area contributed by atoms with E-state index in [2.05, 4.69) is 31.1 Å². The molecule has 3 N–H and O–H groups in total. The van der Waals surface area contributed by atoms with Gasteiger partial charge in [-0.15, -0.1) is 0 Å². The number of nitrogens with one attached hydrogen (secondary N) is 1. The number of ether oxygens (including phenoxy) is 1. The van der Waals surface area contributed by atoms with E-state index >= 15 is 0 Å². The van der Waals surface area contributed by atoms with Crippen LogP contribution >= 0.6 is 0 Å². The number of methoxy groups -OCH3 is 1. The Hall–Kier alpha value is -1.78. The van der Waals surface area contributed by atoms with E-state index < -0.39 is 5.97 Å². The van der Waals surface area contributed by atoms with Crippen molar-refractivity contribution >= 4 is 17.5 Å². The summed E-state index contributed by atoms with van der Waals surface area (Å²) in [4.78, 5) is 15.8. The van der Waals surface area contributed by atoms with Gasteiger partial charge in [0, 0.05) is 6.04 Å². The highest BCUT2D eigenvalue weighted by Crippen LogP contribution is 2.17. The van der Waals surface area contributed by atoms with Crippen molar-refractivity contribution in [3.05, 3.63) is 17.8 Å². The number of hydrogen-bond donors (Lipinski definition) is 2. The fourth-order valence-electron chi connectivity index (χ4n) is 1.99. The molecule has 20 heavy (non-hydrogen) atoms. The molecule has 0 saturated heterocycles. The first-order valence-electron chi connectivity index (χ1n) is 7.04. The number of carbonyl (C=O) groups is 1.